The zero-order valence-electron chi connectivity index (χ0n) is 12.0. The number of anilines is 1. The number of thiazole rings is 1. The number of carbonyl (C=O) groups is 1. The monoisotopic (exact) mass is 335 g/mol. The Balaban J connectivity index is 2.27. The van der Waals surface area contributed by atoms with E-state index in [0.29, 0.717) is 10.6 Å². The highest BCUT2D eigenvalue weighted by molar-refractivity contribution is 7.93. The molecule has 0 saturated carbocycles. The van der Waals surface area contributed by atoms with Gasteiger partial charge in [0, 0.05) is 0 Å². The summed E-state index contributed by atoms with van der Waals surface area (Å²) < 4.78 is 26.9. The van der Waals surface area contributed by atoms with Crippen molar-refractivity contribution in [2.45, 2.75) is 25.2 Å². The Morgan fingerprint density at radius 3 is 2.55 bits per heavy atom. The summed E-state index contributed by atoms with van der Waals surface area (Å²) in [6, 6.07) is 8.17. The lowest BCUT2D eigenvalue weighted by Crippen LogP contribution is -2.12. The van der Waals surface area contributed by atoms with Crippen LogP contribution < -0.4 is 4.72 Å². The van der Waals surface area contributed by atoms with Crippen molar-refractivity contribution in [1.82, 2.24) is 4.98 Å². The number of carbonyl (C=O) groups excluding carboxylic acids is 1. The van der Waals surface area contributed by atoms with Crippen LogP contribution in [0.25, 0.3) is 0 Å². The minimum atomic E-state index is -3.75. The van der Waals surface area contributed by atoms with E-state index in [1.54, 1.807) is 25.1 Å². The molecule has 0 radical (unpaired) electrons. The molecule has 2 rings (SSSR count). The Hall–Kier alpha value is -2.24. The molecule has 0 bridgehead atoms. The van der Waals surface area contributed by atoms with Gasteiger partial charge in [0.2, 0.25) is 0 Å². The minimum absolute atomic E-state index is 0.111. The first-order chi connectivity index (χ1) is 10.3. The van der Waals surface area contributed by atoms with Gasteiger partial charge < -0.3 is 0 Å². The van der Waals surface area contributed by atoms with Gasteiger partial charge in [-0.1, -0.05) is 29.0 Å². The average Bonchev–Trinajstić information content (AvgIpc) is 2.79. The summed E-state index contributed by atoms with van der Waals surface area (Å²) in [5.74, 6) is -0.363. The van der Waals surface area contributed by atoms with E-state index >= 15 is 0 Å². The lowest BCUT2D eigenvalue weighted by Gasteiger charge is -2.05. The van der Waals surface area contributed by atoms with Gasteiger partial charge in [0.25, 0.3) is 10.0 Å². The quantitative estimate of drug-likeness (QED) is 0.847. The van der Waals surface area contributed by atoms with Crippen molar-refractivity contribution in [3.8, 4) is 6.07 Å². The molecule has 1 N–H and O–H groups in total. The van der Waals surface area contributed by atoms with Crippen molar-refractivity contribution >= 4 is 32.3 Å². The van der Waals surface area contributed by atoms with E-state index in [4.69, 9.17) is 5.26 Å². The van der Waals surface area contributed by atoms with Crippen molar-refractivity contribution in [3.05, 3.63) is 40.4 Å². The van der Waals surface area contributed by atoms with Crippen LogP contribution >= 0.6 is 11.3 Å². The smallest absolute Gasteiger partial charge is 0.263 e. The van der Waals surface area contributed by atoms with Crippen molar-refractivity contribution in [2.75, 3.05) is 4.72 Å². The SMILES string of the molecule is Cc1ccc(S(=O)(=O)Nc2nc(C)c(C(=O)CC#N)s2)cc1. The van der Waals surface area contributed by atoms with Crippen LogP contribution in [0.5, 0.6) is 0 Å². The molecule has 0 amide bonds. The highest BCUT2D eigenvalue weighted by Crippen LogP contribution is 2.26. The molecular formula is C14H13N3O3S2. The number of nitrogens with zero attached hydrogens (tertiary/aromatic N) is 2. The molecule has 2 aromatic rings. The summed E-state index contributed by atoms with van der Waals surface area (Å²) in [6.45, 7) is 3.46. The second kappa shape index (κ2) is 6.25. The fourth-order valence-corrected chi connectivity index (χ4v) is 3.88. The Labute approximate surface area is 132 Å². The molecule has 114 valence electrons. The zero-order valence-corrected chi connectivity index (χ0v) is 13.6. The third kappa shape index (κ3) is 3.50. The molecule has 1 aromatic heterocycles. The van der Waals surface area contributed by atoms with E-state index in [0.717, 1.165) is 16.9 Å². The van der Waals surface area contributed by atoms with Crippen molar-refractivity contribution in [2.24, 2.45) is 0 Å². The summed E-state index contributed by atoms with van der Waals surface area (Å²) in [5, 5.41) is 8.67. The van der Waals surface area contributed by atoms with Crippen LogP contribution in [0.1, 0.15) is 27.3 Å². The highest BCUT2D eigenvalue weighted by Gasteiger charge is 2.20. The van der Waals surface area contributed by atoms with Gasteiger partial charge >= 0.3 is 0 Å². The number of aromatic nitrogens is 1. The summed E-state index contributed by atoms with van der Waals surface area (Å²) >= 11 is 0.930. The fourth-order valence-electron chi connectivity index (χ4n) is 1.74. The summed E-state index contributed by atoms with van der Waals surface area (Å²) in [7, 11) is -3.75. The number of rotatable bonds is 5. The fraction of sp³-hybridized carbons (Fsp3) is 0.214. The molecule has 0 aliphatic heterocycles. The van der Waals surface area contributed by atoms with E-state index in [-0.39, 0.29) is 22.2 Å². The average molecular weight is 335 g/mol. The summed E-state index contributed by atoms with van der Waals surface area (Å²) in [4.78, 5) is 16.2. The Kier molecular flexibility index (Phi) is 4.59. The second-order valence-corrected chi connectivity index (χ2v) is 7.29. The number of hydrogen-bond acceptors (Lipinski definition) is 6. The van der Waals surface area contributed by atoms with Crippen LogP contribution in [-0.2, 0) is 10.0 Å². The minimum Gasteiger partial charge on any atom is -0.292 e. The molecule has 0 aliphatic rings. The lowest BCUT2D eigenvalue weighted by molar-refractivity contribution is 0.100. The molecule has 22 heavy (non-hydrogen) atoms. The van der Waals surface area contributed by atoms with Crippen LogP contribution in [0.3, 0.4) is 0 Å². The third-order valence-electron chi connectivity index (χ3n) is 2.84. The maximum Gasteiger partial charge on any atom is 0.263 e. The van der Waals surface area contributed by atoms with Crippen LogP contribution in [0, 0.1) is 25.2 Å². The lowest BCUT2D eigenvalue weighted by atomic mass is 10.2. The third-order valence-corrected chi connectivity index (χ3v) is 5.44. The largest absolute Gasteiger partial charge is 0.292 e. The molecule has 6 nitrogen and oxygen atoms in total. The number of aryl methyl sites for hydroxylation is 2. The normalized spacial score (nSPS) is 11.0. The van der Waals surface area contributed by atoms with E-state index < -0.39 is 10.0 Å². The standard InChI is InChI=1S/C14H13N3O3S2/c1-9-3-5-11(6-4-9)22(19,20)17-14-16-10(2)13(21-14)12(18)7-8-15/h3-6H,7H2,1-2H3,(H,16,17). The van der Waals surface area contributed by atoms with E-state index in [2.05, 4.69) is 9.71 Å². The van der Waals surface area contributed by atoms with E-state index in [1.165, 1.54) is 12.1 Å². The van der Waals surface area contributed by atoms with Crippen molar-refractivity contribution in [3.63, 3.8) is 0 Å². The van der Waals surface area contributed by atoms with Gasteiger partial charge in [-0.15, -0.1) is 0 Å². The van der Waals surface area contributed by atoms with Crippen LogP contribution in [0.15, 0.2) is 29.2 Å². The number of Topliss-reactive ketones (excluding diaryl/α,β-unsaturated/α-hetero) is 1. The summed E-state index contributed by atoms with van der Waals surface area (Å²) in [6.07, 6.45) is -0.257. The molecule has 1 aromatic carbocycles. The van der Waals surface area contributed by atoms with Gasteiger partial charge in [0.05, 0.1) is 28.0 Å². The second-order valence-electron chi connectivity index (χ2n) is 4.61. The number of nitrogens with one attached hydrogen (secondary N) is 1. The van der Waals surface area contributed by atoms with Gasteiger partial charge in [-0.25, -0.2) is 13.4 Å². The first-order valence-corrected chi connectivity index (χ1v) is 8.60. The first-order valence-electron chi connectivity index (χ1n) is 6.30. The molecule has 0 atom stereocenters. The predicted molar refractivity (Wildman–Crippen MR) is 83.4 cm³/mol. The summed E-state index contributed by atoms with van der Waals surface area (Å²) in [5.41, 5.74) is 1.36. The van der Waals surface area contributed by atoms with Crippen molar-refractivity contribution in [1.29, 1.82) is 5.26 Å². The van der Waals surface area contributed by atoms with Gasteiger partial charge in [0.1, 0.15) is 0 Å². The number of ketones is 1. The molecule has 0 spiro atoms. The van der Waals surface area contributed by atoms with Crippen molar-refractivity contribution < 1.29 is 13.2 Å². The Morgan fingerprint density at radius 1 is 1.32 bits per heavy atom. The molecule has 0 unspecified atom stereocenters. The van der Waals surface area contributed by atoms with Gasteiger partial charge in [0.15, 0.2) is 10.9 Å². The number of benzene rings is 1. The zero-order chi connectivity index (χ0) is 16.3. The van der Waals surface area contributed by atoms with Gasteiger partial charge in [-0.2, -0.15) is 5.26 Å². The van der Waals surface area contributed by atoms with Crippen LogP contribution in [0.2, 0.25) is 0 Å². The van der Waals surface area contributed by atoms with Crippen LogP contribution in [-0.4, -0.2) is 19.2 Å². The number of sulfonamides is 1. The van der Waals surface area contributed by atoms with Gasteiger partial charge in [-0.3, -0.25) is 9.52 Å². The number of nitriles is 1. The maximum atomic E-state index is 12.2. The molecule has 0 fully saturated rings. The van der Waals surface area contributed by atoms with Crippen LogP contribution in [0.4, 0.5) is 5.13 Å². The molecular weight excluding hydrogens is 322 g/mol. The molecule has 0 aliphatic carbocycles. The first kappa shape index (κ1) is 16.1. The molecule has 8 heteroatoms. The maximum absolute atomic E-state index is 12.2. The Morgan fingerprint density at radius 2 is 1.95 bits per heavy atom. The van der Waals surface area contributed by atoms with E-state index in [1.807, 2.05) is 6.92 Å². The van der Waals surface area contributed by atoms with E-state index in [9.17, 15) is 13.2 Å². The molecule has 0 saturated heterocycles. The number of hydrogen-bond donors (Lipinski definition) is 1. The predicted octanol–water partition coefficient (Wildman–Crippen LogP) is 2.66. The Bertz CT molecular complexity index is 846. The topological polar surface area (TPSA) is 99.9 Å². The molecule has 1 heterocycles. The van der Waals surface area contributed by atoms with Gasteiger partial charge in [-0.05, 0) is 26.0 Å². The highest BCUT2D eigenvalue weighted by atomic mass is 32.2.